The summed E-state index contributed by atoms with van der Waals surface area (Å²) in [6.45, 7) is 1.98. The molecule has 0 spiro atoms. The molecule has 0 bridgehead atoms. The number of aliphatic carboxylic acids is 1. The number of carbonyl (C=O) groups is 1. The molecule has 0 aromatic heterocycles. The fraction of sp³-hybridized carbons (Fsp3) is 0.364. The van der Waals surface area contributed by atoms with Gasteiger partial charge in [-0.05, 0) is 37.6 Å². The summed E-state index contributed by atoms with van der Waals surface area (Å²) in [7, 11) is 0. The number of rotatable bonds is 5. The van der Waals surface area contributed by atoms with Gasteiger partial charge in [0.05, 0.1) is 0 Å². The maximum absolute atomic E-state index is 10.4. The van der Waals surface area contributed by atoms with Crippen LogP contribution in [-0.2, 0) is 4.79 Å². The highest BCUT2D eigenvalue weighted by molar-refractivity contribution is 9.10. The molecule has 82 valence electrons. The molecule has 1 rings (SSSR count). The Hall–Kier alpha value is -1.03. The van der Waals surface area contributed by atoms with Gasteiger partial charge in [0, 0.05) is 22.6 Å². The molecule has 4 heteroatoms. The largest absolute Gasteiger partial charge is 0.481 e. The number of anilines is 1. The third-order valence-corrected chi connectivity index (χ3v) is 2.58. The van der Waals surface area contributed by atoms with Gasteiger partial charge < -0.3 is 10.4 Å². The predicted octanol–water partition coefficient (Wildman–Crippen LogP) is 3.11. The van der Waals surface area contributed by atoms with Crippen molar-refractivity contribution in [1.29, 1.82) is 0 Å². The second-order valence-electron chi connectivity index (χ2n) is 3.48. The summed E-state index contributed by atoms with van der Waals surface area (Å²) in [5, 5.41) is 11.8. The van der Waals surface area contributed by atoms with E-state index in [1.807, 2.05) is 31.2 Å². The predicted molar refractivity (Wildman–Crippen MR) is 64.1 cm³/mol. The Morgan fingerprint density at radius 2 is 2.07 bits per heavy atom. The van der Waals surface area contributed by atoms with Crippen LogP contribution in [0.15, 0.2) is 28.7 Å². The second kappa shape index (κ2) is 5.75. The smallest absolute Gasteiger partial charge is 0.303 e. The number of hydrogen-bond acceptors (Lipinski definition) is 2. The maximum atomic E-state index is 10.4. The van der Waals surface area contributed by atoms with E-state index in [1.165, 1.54) is 0 Å². The molecule has 0 saturated carbocycles. The van der Waals surface area contributed by atoms with Gasteiger partial charge in [-0.1, -0.05) is 15.9 Å². The first-order valence-corrected chi connectivity index (χ1v) is 5.61. The van der Waals surface area contributed by atoms with E-state index in [2.05, 4.69) is 21.2 Å². The quantitative estimate of drug-likeness (QED) is 0.865. The molecule has 0 radical (unpaired) electrons. The van der Waals surface area contributed by atoms with Gasteiger partial charge in [0.2, 0.25) is 0 Å². The van der Waals surface area contributed by atoms with Gasteiger partial charge in [-0.2, -0.15) is 0 Å². The van der Waals surface area contributed by atoms with E-state index in [-0.39, 0.29) is 12.5 Å². The number of halogens is 1. The van der Waals surface area contributed by atoms with Crippen LogP contribution < -0.4 is 5.32 Å². The molecule has 15 heavy (non-hydrogen) atoms. The fourth-order valence-electron chi connectivity index (χ4n) is 1.24. The van der Waals surface area contributed by atoms with Crippen LogP contribution in [-0.4, -0.2) is 17.1 Å². The standard InChI is InChI=1S/C11H14BrNO2/c1-8(2-7-11(14)15)13-10-5-3-9(12)4-6-10/h3-6,8,13H,2,7H2,1H3,(H,14,15). The molecular weight excluding hydrogens is 258 g/mol. The summed E-state index contributed by atoms with van der Waals surface area (Å²) < 4.78 is 1.03. The van der Waals surface area contributed by atoms with Crippen LogP contribution in [0.1, 0.15) is 19.8 Å². The summed E-state index contributed by atoms with van der Waals surface area (Å²) in [6.07, 6.45) is 0.829. The lowest BCUT2D eigenvalue weighted by Crippen LogP contribution is -2.16. The minimum atomic E-state index is -0.751. The lowest BCUT2D eigenvalue weighted by Gasteiger charge is -2.13. The molecule has 1 aromatic rings. The van der Waals surface area contributed by atoms with E-state index in [0.29, 0.717) is 6.42 Å². The van der Waals surface area contributed by atoms with E-state index >= 15 is 0 Å². The Bertz CT molecular complexity index is 324. The summed E-state index contributed by atoms with van der Waals surface area (Å²) in [4.78, 5) is 10.4. The average molecular weight is 272 g/mol. The minimum Gasteiger partial charge on any atom is -0.481 e. The Balaban J connectivity index is 2.40. The van der Waals surface area contributed by atoms with Gasteiger partial charge in [-0.25, -0.2) is 0 Å². The summed E-state index contributed by atoms with van der Waals surface area (Å²) >= 11 is 3.36. The SMILES string of the molecule is CC(CCC(=O)O)Nc1ccc(Br)cc1. The first kappa shape index (κ1) is 12.0. The molecule has 3 nitrogen and oxygen atoms in total. The van der Waals surface area contributed by atoms with Crippen molar-refractivity contribution in [3.63, 3.8) is 0 Å². The van der Waals surface area contributed by atoms with Gasteiger partial charge in [-0.3, -0.25) is 4.79 Å². The Morgan fingerprint density at radius 3 is 2.60 bits per heavy atom. The van der Waals surface area contributed by atoms with Crippen molar-refractivity contribution < 1.29 is 9.90 Å². The monoisotopic (exact) mass is 271 g/mol. The molecule has 1 unspecified atom stereocenters. The zero-order valence-electron chi connectivity index (χ0n) is 8.53. The average Bonchev–Trinajstić information content (AvgIpc) is 2.19. The molecule has 0 aliphatic rings. The van der Waals surface area contributed by atoms with Crippen LogP contribution in [0, 0.1) is 0 Å². The van der Waals surface area contributed by atoms with E-state index in [4.69, 9.17) is 5.11 Å². The highest BCUT2D eigenvalue weighted by Crippen LogP contribution is 2.15. The second-order valence-corrected chi connectivity index (χ2v) is 4.40. The molecule has 0 aliphatic heterocycles. The molecule has 0 fully saturated rings. The molecular formula is C11H14BrNO2. The first-order chi connectivity index (χ1) is 7.08. The Kier molecular flexibility index (Phi) is 4.62. The lowest BCUT2D eigenvalue weighted by atomic mass is 10.1. The highest BCUT2D eigenvalue weighted by Gasteiger charge is 2.04. The lowest BCUT2D eigenvalue weighted by molar-refractivity contribution is -0.137. The summed E-state index contributed by atoms with van der Waals surface area (Å²) in [5.41, 5.74) is 1.01. The maximum Gasteiger partial charge on any atom is 0.303 e. The summed E-state index contributed by atoms with van der Waals surface area (Å²) in [6, 6.07) is 7.99. The number of nitrogens with one attached hydrogen (secondary N) is 1. The summed E-state index contributed by atoms with van der Waals surface area (Å²) in [5.74, 6) is -0.751. The van der Waals surface area contributed by atoms with Crippen molar-refractivity contribution in [2.24, 2.45) is 0 Å². The fourth-order valence-corrected chi connectivity index (χ4v) is 1.51. The van der Waals surface area contributed by atoms with Gasteiger partial charge in [0.1, 0.15) is 0 Å². The van der Waals surface area contributed by atoms with E-state index < -0.39 is 5.97 Å². The molecule has 0 aliphatic carbocycles. The van der Waals surface area contributed by atoms with Gasteiger partial charge in [0.15, 0.2) is 0 Å². The van der Waals surface area contributed by atoms with Crippen LogP contribution in [0.25, 0.3) is 0 Å². The van der Waals surface area contributed by atoms with Crippen LogP contribution in [0.2, 0.25) is 0 Å². The zero-order valence-corrected chi connectivity index (χ0v) is 10.1. The van der Waals surface area contributed by atoms with Crippen molar-refractivity contribution in [3.8, 4) is 0 Å². The number of benzene rings is 1. The highest BCUT2D eigenvalue weighted by atomic mass is 79.9. The minimum absolute atomic E-state index is 0.169. The van der Waals surface area contributed by atoms with Crippen molar-refractivity contribution in [2.45, 2.75) is 25.8 Å². The molecule has 0 amide bonds. The van der Waals surface area contributed by atoms with Crippen molar-refractivity contribution in [3.05, 3.63) is 28.7 Å². The molecule has 1 aromatic carbocycles. The number of carboxylic acids is 1. The first-order valence-electron chi connectivity index (χ1n) is 4.82. The van der Waals surface area contributed by atoms with Crippen molar-refractivity contribution in [2.75, 3.05) is 5.32 Å². The van der Waals surface area contributed by atoms with Crippen LogP contribution >= 0.6 is 15.9 Å². The Labute approximate surface area is 97.6 Å². The van der Waals surface area contributed by atoms with Gasteiger partial charge >= 0.3 is 5.97 Å². The number of carboxylic acid groups (broad SMARTS) is 1. The molecule has 1 atom stereocenters. The Morgan fingerprint density at radius 1 is 1.47 bits per heavy atom. The van der Waals surface area contributed by atoms with Crippen LogP contribution in [0.5, 0.6) is 0 Å². The third-order valence-electron chi connectivity index (χ3n) is 2.05. The topological polar surface area (TPSA) is 49.3 Å². The van der Waals surface area contributed by atoms with Crippen LogP contribution in [0.4, 0.5) is 5.69 Å². The number of hydrogen-bond donors (Lipinski definition) is 2. The normalized spacial score (nSPS) is 12.1. The van der Waals surface area contributed by atoms with Gasteiger partial charge in [-0.15, -0.1) is 0 Å². The molecule has 0 heterocycles. The van der Waals surface area contributed by atoms with Gasteiger partial charge in [0.25, 0.3) is 0 Å². The van der Waals surface area contributed by atoms with Crippen LogP contribution in [0.3, 0.4) is 0 Å². The zero-order chi connectivity index (χ0) is 11.3. The molecule has 0 saturated heterocycles. The third kappa shape index (κ3) is 4.83. The van der Waals surface area contributed by atoms with E-state index in [0.717, 1.165) is 10.2 Å². The molecule has 2 N–H and O–H groups in total. The van der Waals surface area contributed by atoms with Crippen molar-refractivity contribution >= 4 is 27.6 Å². The van der Waals surface area contributed by atoms with Crippen molar-refractivity contribution in [1.82, 2.24) is 0 Å². The van der Waals surface area contributed by atoms with E-state index in [1.54, 1.807) is 0 Å². The van der Waals surface area contributed by atoms with E-state index in [9.17, 15) is 4.79 Å².